The molecule has 36 heavy (non-hydrogen) atoms. The van der Waals surface area contributed by atoms with Gasteiger partial charge in [-0.25, -0.2) is 0 Å². The van der Waals surface area contributed by atoms with E-state index in [1.54, 1.807) is 31.3 Å². The minimum Gasteiger partial charge on any atom is -0.497 e. The van der Waals surface area contributed by atoms with Gasteiger partial charge in [0.2, 0.25) is 11.8 Å². The van der Waals surface area contributed by atoms with Crippen LogP contribution in [0.4, 0.5) is 5.69 Å². The van der Waals surface area contributed by atoms with Crippen molar-refractivity contribution in [2.24, 2.45) is 5.92 Å². The summed E-state index contributed by atoms with van der Waals surface area (Å²) >= 11 is 0. The molecule has 0 aromatic heterocycles. The summed E-state index contributed by atoms with van der Waals surface area (Å²) in [7, 11) is 3.19. The molecule has 1 saturated heterocycles. The second-order valence-electron chi connectivity index (χ2n) is 9.89. The highest BCUT2D eigenvalue weighted by atomic mass is 16.5. The number of carbonyl (C=O) groups is 3. The average Bonchev–Trinajstić information content (AvgIpc) is 3.02. The Hall–Kier alpha value is -3.55. The first-order valence-electron chi connectivity index (χ1n) is 12.8. The van der Waals surface area contributed by atoms with Gasteiger partial charge in [-0.2, -0.15) is 0 Å². The average molecular weight is 492 g/mol. The van der Waals surface area contributed by atoms with Gasteiger partial charge in [0, 0.05) is 30.1 Å². The Kier molecular flexibility index (Phi) is 6.85. The number of methoxy groups -OCH3 is 2. The Labute approximate surface area is 211 Å². The molecule has 2 aromatic rings. The van der Waals surface area contributed by atoms with E-state index in [0.717, 1.165) is 36.8 Å². The molecule has 2 aromatic carbocycles. The third kappa shape index (κ3) is 4.64. The minimum atomic E-state index is -0.616. The van der Waals surface area contributed by atoms with Crippen molar-refractivity contribution in [1.82, 2.24) is 10.2 Å². The van der Waals surface area contributed by atoms with Gasteiger partial charge in [-0.05, 0) is 55.5 Å². The summed E-state index contributed by atoms with van der Waals surface area (Å²) in [5.74, 6) is 1.07. The van der Waals surface area contributed by atoms with E-state index in [4.69, 9.17) is 9.47 Å². The molecule has 0 bridgehead atoms. The Morgan fingerprint density at radius 3 is 2.53 bits per heavy atom. The number of rotatable bonds is 5. The van der Waals surface area contributed by atoms with Crippen LogP contribution >= 0.6 is 0 Å². The fourth-order valence-corrected chi connectivity index (χ4v) is 5.68. The summed E-state index contributed by atoms with van der Waals surface area (Å²) < 4.78 is 10.8. The van der Waals surface area contributed by atoms with Crippen molar-refractivity contribution in [3.63, 3.8) is 0 Å². The van der Waals surface area contributed by atoms with Crippen LogP contribution in [0.15, 0.2) is 36.4 Å². The summed E-state index contributed by atoms with van der Waals surface area (Å²) in [6.07, 6.45) is 6.31. The Morgan fingerprint density at radius 1 is 0.972 bits per heavy atom. The molecule has 1 saturated carbocycles. The first kappa shape index (κ1) is 24.2. The number of piperidine rings is 1. The summed E-state index contributed by atoms with van der Waals surface area (Å²) in [6, 6.07) is 10.3. The number of anilines is 1. The molecule has 8 nitrogen and oxygen atoms in total. The van der Waals surface area contributed by atoms with Crippen LogP contribution in [0.1, 0.15) is 55.3 Å². The largest absolute Gasteiger partial charge is 0.497 e. The highest BCUT2D eigenvalue weighted by Gasteiger charge is 2.40. The number of nitrogens with one attached hydrogen (secondary N) is 2. The lowest BCUT2D eigenvalue weighted by Gasteiger charge is -2.38. The third-order valence-electron chi connectivity index (χ3n) is 7.72. The van der Waals surface area contributed by atoms with E-state index in [1.165, 1.54) is 6.42 Å². The molecule has 190 valence electrons. The molecule has 3 amide bonds. The maximum atomic E-state index is 13.6. The summed E-state index contributed by atoms with van der Waals surface area (Å²) in [5, 5.41) is 6.12. The van der Waals surface area contributed by atoms with E-state index in [0.29, 0.717) is 42.1 Å². The van der Waals surface area contributed by atoms with Crippen molar-refractivity contribution in [3.8, 4) is 22.6 Å². The molecular formula is C28H33N3O5. The second-order valence-corrected chi connectivity index (χ2v) is 9.89. The predicted octanol–water partition coefficient (Wildman–Crippen LogP) is 3.99. The first-order valence-corrected chi connectivity index (χ1v) is 12.8. The van der Waals surface area contributed by atoms with Crippen molar-refractivity contribution < 1.29 is 23.9 Å². The van der Waals surface area contributed by atoms with Gasteiger partial charge >= 0.3 is 0 Å². The number of hydrogen-bond acceptors (Lipinski definition) is 5. The molecule has 5 rings (SSSR count). The van der Waals surface area contributed by atoms with E-state index in [9.17, 15) is 14.4 Å². The third-order valence-corrected chi connectivity index (χ3v) is 7.72. The molecule has 2 N–H and O–H groups in total. The van der Waals surface area contributed by atoms with Gasteiger partial charge in [0.05, 0.1) is 25.5 Å². The molecular weight excluding hydrogens is 458 g/mol. The Morgan fingerprint density at radius 2 is 1.78 bits per heavy atom. The SMILES string of the molecule is COc1ccc(-c2ccc3c(c2)C(=O)N2CCC(NC(=O)C4CCCCC4)CC2C(=O)N3)c(OC)c1. The summed E-state index contributed by atoms with van der Waals surface area (Å²) in [6.45, 7) is 0.419. The van der Waals surface area contributed by atoms with E-state index in [1.807, 2.05) is 24.3 Å². The van der Waals surface area contributed by atoms with Gasteiger partial charge in [-0.15, -0.1) is 0 Å². The number of hydrogen-bond donors (Lipinski definition) is 2. The lowest BCUT2D eigenvalue weighted by molar-refractivity contribution is -0.128. The lowest BCUT2D eigenvalue weighted by Crippen LogP contribution is -2.55. The zero-order chi connectivity index (χ0) is 25.2. The number of amides is 3. The first-order chi connectivity index (χ1) is 17.5. The smallest absolute Gasteiger partial charge is 0.256 e. The van der Waals surface area contributed by atoms with E-state index >= 15 is 0 Å². The molecule has 3 aliphatic rings. The van der Waals surface area contributed by atoms with E-state index in [-0.39, 0.29) is 29.7 Å². The molecule has 2 unspecified atom stereocenters. The van der Waals surface area contributed by atoms with Gasteiger partial charge in [-0.1, -0.05) is 25.3 Å². The van der Waals surface area contributed by atoms with Crippen molar-refractivity contribution in [3.05, 3.63) is 42.0 Å². The zero-order valence-corrected chi connectivity index (χ0v) is 20.8. The van der Waals surface area contributed by atoms with Crippen molar-refractivity contribution in [2.45, 2.75) is 57.0 Å². The highest BCUT2D eigenvalue weighted by molar-refractivity contribution is 6.10. The van der Waals surface area contributed by atoms with Gasteiger partial charge in [0.15, 0.2) is 0 Å². The number of carbonyl (C=O) groups excluding carboxylic acids is 3. The van der Waals surface area contributed by atoms with Gasteiger partial charge in [0.25, 0.3) is 5.91 Å². The van der Waals surface area contributed by atoms with Crippen molar-refractivity contribution in [2.75, 3.05) is 26.1 Å². The van der Waals surface area contributed by atoms with E-state index in [2.05, 4.69) is 10.6 Å². The van der Waals surface area contributed by atoms with Crippen LogP contribution in [-0.4, -0.2) is 55.5 Å². The molecule has 2 atom stereocenters. The van der Waals surface area contributed by atoms with Crippen LogP contribution in [0.5, 0.6) is 11.5 Å². The fraction of sp³-hybridized carbons (Fsp3) is 0.464. The summed E-state index contributed by atoms with van der Waals surface area (Å²) in [4.78, 5) is 41.2. The topological polar surface area (TPSA) is 97.0 Å². The molecule has 8 heteroatoms. The number of ether oxygens (including phenoxy) is 2. The van der Waals surface area contributed by atoms with Crippen LogP contribution in [-0.2, 0) is 9.59 Å². The predicted molar refractivity (Wildman–Crippen MR) is 136 cm³/mol. The van der Waals surface area contributed by atoms with Crippen LogP contribution in [0.2, 0.25) is 0 Å². The fourth-order valence-electron chi connectivity index (χ4n) is 5.68. The van der Waals surface area contributed by atoms with Crippen LogP contribution < -0.4 is 20.1 Å². The van der Waals surface area contributed by atoms with Gasteiger partial charge in [0.1, 0.15) is 17.5 Å². The maximum Gasteiger partial charge on any atom is 0.256 e. The van der Waals surface area contributed by atoms with E-state index < -0.39 is 6.04 Å². The monoisotopic (exact) mass is 491 g/mol. The zero-order valence-electron chi connectivity index (χ0n) is 20.8. The van der Waals surface area contributed by atoms with Crippen molar-refractivity contribution in [1.29, 1.82) is 0 Å². The maximum absolute atomic E-state index is 13.6. The normalized spacial score (nSPS) is 22.1. The second kappa shape index (κ2) is 10.2. The van der Waals surface area contributed by atoms with Crippen molar-refractivity contribution >= 4 is 23.4 Å². The Bertz CT molecular complexity index is 1170. The standard InChI is InChI=1S/C28H33N3O5/c1-35-20-9-10-21(25(16-20)36-2)18-8-11-23-22(14-18)28(34)31-13-12-19(15-24(31)27(33)30-23)29-26(32)17-6-4-3-5-7-17/h8-11,14,16-17,19,24H,3-7,12-13,15H2,1-2H3,(H,29,32)(H,30,33). The van der Waals surface area contributed by atoms with Gasteiger partial charge < -0.3 is 25.0 Å². The quantitative estimate of drug-likeness (QED) is 0.659. The Balaban J connectivity index is 1.36. The minimum absolute atomic E-state index is 0.0685. The number of nitrogens with zero attached hydrogens (tertiary/aromatic N) is 1. The summed E-state index contributed by atoms with van der Waals surface area (Å²) in [5.41, 5.74) is 2.58. The van der Waals surface area contributed by atoms with Crippen LogP contribution in [0.25, 0.3) is 11.1 Å². The lowest BCUT2D eigenvalue weighted by atomic mass is 9.88. The number of fused-ring (bicyclic) bond motifs is 2. The molecule has 1 aliphatic carbocycles. The number of benzene rings is 2. The van der Waals surface area contributed by atoms with Gasteiger partial charge in [-0.3, -0.25) is 14.4 Å². The molecule has 2 fully saturated rings. The highest BCUT2D eigenvalue weighted by Crippen LogP contribution is 2.37. The molecule has 0 radical (unpaired) electrons. The molecule has 2 aliphatic heterocycles. The van der Waals surface area contributed by atoms with Crippen LogP contribution in [0, 0.1) is 5.92 Å². The van der Waals surface area contributed by atoms with Crippen LogP contribution in [0.3, 0.4) is 0 Å². The molecule has 2 heterocycles. The molecule has 0 spiro atoms.